The van der Waals surface area contributed by atoms with Crippen molar-refractivity contribution in [2.75, 3.05) is 42.6 Å². The van der Waals surface area contributed by atoms with Crippen LogP contribution in [0.15, 0.2) is 18.3 Å². The zero-order valence-corrected chi connectivity index (χ0v) is 13.2. The first-order chi connectivity index (χ1) is 10.5. The van der Waals surface area contributed by atoms with Gasteiger partial charge in [0.1, 0.15) is 5.82 Å². The molecular formula is C15H20F3N3S. The quantitative estimate of drug-likeness (QED) is 0.829. The van der Waals surface area contributed by atoms with Gasteiger partial charge in [0.15, 0.2) is 0 Å². The first-order valence-electron chi connectivity index (χ1n) is 7.64. The lowest BCUT2D eigenvalue weighted by Crippen LogP contribution is -2.48. The maximum absolute atomic E-state index is 12.8. The molecular weight excluding hydrogens is 311 g/mol. The summed E-state index contributed by atoms with van der Waals surface area (Å²) in [5.74, 6) is 2.83. The number of halogens is 3. The molecule has 0 spiro atoms. The van der Waals surface area contributed by atoms with Crippen molar-refractivity contribution in [3.63, 3.8) is 0 Å². The number of anilines is 1. The summed E-state index contributed by atoms with van der Waals surface area (Å²) in [6.45, 7) is 3.83. The Morgan fingerprint density at radius 1 is 1.09 bits per heavy atom. The summed E-state index contributed by atoms with van der Waals surface area (Å²) in [5.41, 5.74) is -0.618. The second-order valence-corrected chi connectivity index (χ2v) is 6.99. The van der Waals surface area contributed by atoms with E-state index in [9.17, 15) is 13.2 Å². The third-order valence-corrected chi connectivity index (χ3v) is 5.37. The van der Waals surface area contributed by atoms with Gasteiger partial charge in [-0.1, -0.05) is 0 Å². The molecule has 2 aliphatic rings. The highest BCUT2D eigenvalue weighted by Gasteiger charge is 2.32. The Balaban J connectivity index is 1.61. The number of nitrogens with zero attached hydrogens (tertiary/aromatic N) is 3. The van der Waals surface area contributed by atoms with Crippen molar-refractivity contribution < 1.29 is 13.2 Å². The topological polar surface area (TPSA) is 19.4 Å². The Morgan fingerprint density at radius 2 is 1.77 bits per heavy atom. The molecule has 0 aromatic carbocycles. The van der Waals surface area contributed by atoms with Crippen molar-refractivity contribution in [3.05, 3.63) is 23.9 Å². The van der Waals surface area contributed by atoms with E-state index in [0.29, 0.717) is 11.9 Å². The lowest BCUT2D eigenvalue weighted by molar-refractivity contribution is -0.137. The van der Waals surface area contributed by atoms with Gasteiger partial charge in [0, 0.05) is 49.9 Å². The van der Waals surface area contributed by atoms with Crippen molar-refractivity contribution in [1.29, 1.82) is 0 Å². The molecule has 3 rings (SSSR count). The minimum atomic E-state index is -4.30. The van der Waals surface area contributed by atoms with Crippen LogP contribution < -0.4 is 4.90 Å². The number of rotatable bonds is 2. The second kappa shape index (κ2) is 6.66. The van der Waals surface area contributed by atoms with E-state index in [1.807, 2.05) is 16.7 Å². The van der Waals surface area contributed by atoms with E-state index in [2.05, 4.69) is 9.88 Å². The van der Waals surface area contributed by atoms with Crippen molar-refractivity contribution in [2.45, 2.75) is 25.1 Å². The lowest BCUT2D eigenvalue weighted by Gasteiger charge is -2.40. The highest BCUT2D eigenvalue weighted by molar-refractivity contribution is 7.99. The summed E-state index contributed by atoms with van der Waals surface area (Å²) in [5, 5.41) is 0. The van der Waals surface area contributed by atoms with Crippen LogP contribution in [0.5, 0.6) is 0 Å². The maximum atomic E-state index is 12.8. The van der Waals surface area contributed by atoms with Crippen molar-refractivity contribution in [3.8, 4) is 0 Å². The zero-order chi connectivity index (χ0) is 15.6. The number of aromatic nitrogens is 1. The summed E-state index contributed by atoms with van der Waals surface area (Å²) in [6, 6.07) is 2.77. The van der Waals surface area contributed by atoms with Gasteiger partial charge in [-0.2, -0.15) is 24.9 Å². The van der Waals surface area contributed by atoms with E-state index in [1.54, 1.807) is 0 Å². The number of hydrogen-bond acceptors (Lipinski definition) is 4. The Bertz CT molecular complexity index is 495. The van der Waals surface area contributed by atoms with Crippen molar-refractivity contribution in [1.82, 2.24) is 9.88 Å². The van der Waals surface area contributed by atoms with Gasteiger partial charge >= 0.3 is 6.18 Å². The van der Waals surface area contributed by atoms with Gasteiger partial charge in [0.25, 0.3) is 0 Å². The second-order valence-electron chi connectivity index (χ2n) is 5.77. The lowest BCUT2D eigenvalue weighted by atomic mass is 10.0. The molecule has 0 unspecified atom stereocenters. The van der Waals surface area contributed by atoms with Crippen LogP contribution in [-0.4, -0.2) is 53.6 Å². The fraction of sp³-hybridized carbons (Fsp3) is 0.667. The third kappa shape index (κ3) is 3.68. The monoisotopic (exact) mass is 331 g/mol. The molecule has 22 heavy (non-hydrogen) atoms. The average molecular weight is 331 g/mol. The molecule has 2 saturated heterocycles. The molecule has 3 nitrogen and oxygen atoms in total. The van der Waals surface area contributed by atoms with Gasteiger partial charge in [0.05, 0.1) is 5.56 Å². The predicted octanol–water partition coefficient (Wildman–Crippen LogP) is 3.12. The number of piperidine rings is 1. The van der Waals surface area contributed by atoms with Gasteiger partial charge in [-0.3, -0.25) is 4.90 Å². The molecule has 2 aliphatic heterocycles. The van der Waals surface area contributed by atoms with Crippen molar-refractivity contribution >= 4 is 17.6 Å². The normalized spacial score (nSPS) is 22.0. The fourth-order valence-corrected chi connectivity index (χ4v) is 4.10. The summed E-state index contributed by atoms with van der Waals surface area (Å²) in [7, 11) is 0. The SMILES string of the molecule is FC(F)(F)c1ccnc(N2CCC(N3CCSCC3)CC2)c1. The molecule has 0 saturated carbocycles. The van der Waals surface area contributed by atoms with Crippen LogP contribution >= 0.6 is 11.8 Å². The smallest absolute Gasteiger partial charge is 0.356 e. The van der Waals surface area contributed by atoms with E-state index in [4.69, 9.17) is 0 Å². The standard InChI is InChI=1S/C15H20F3N3S/c16-15(17,18)12-1-4-19-14(11-12)21-5-2-13(3-6-21)20-7-9-22-10-8-20/h1,4,11,13H,2-3,5-10H2. The van der Waals surface area contributed by atoms with Gasteiger partial charge in [0.2, 0.25) is 0 Å². The van der Waals surface area contributed by atoms with Crippen LogP contribution in [-0.2, 0) is 6.18 Å². The molecule has 0 bridgehead atoms. The van der Waals surface area contributed by atoms with Crippen LogP contribution in [0.2, 0.25) is 0 Å². The number of hydrogen-bond donors (Lipinski definition) is 0. The highest BCUT2D eigenvalue weighted by Crippen LogP contribution is 2.31. The molecule has 0 atom stereocenters. The predicted molar refractivity (Wildman–Crippen MR) is 83.4 cm³/mol. The van der Waals surface area contributed by atoms with E-state index in [0.717, 1.165) is 51.2 Å². The Hall–Kier alpha value is -0.950. The first kappa shape index (κ1) is 15.9. The first-order valence-corrected chi connectivity index (χ1v) is 8.79. The molecule has 0 amide bonds. The molecule has 0 N–H and O–H groups in total. The molecule has 122 valence electrons. The largest absolute Gasteiger partial charge is 0.416 e. The molecule has 0 aliphatic carbocycles. The van der Waals surface area contributed by atoms with Crippen LogP contribution in [0.25, 0.3) is 0 Å². The van der Waals surface area contributed by atoms with Gasteiger partial charge in [-0.15, -0.1) is 0 Å². The third-order valence-electron chi connectivity index (χ3n) is 4.42. The van der Waals surface area contributed by atoms with Gasteiger partial charge in [-0.25, -0.2) is 4.98 Å². The fourth-order valence-electron chi connectivity index (χ4n) is 3.17. The summed E-state index contributed by atoms with van der Waals surface area (Å²) >= 11 is 2.00. The van der Waals surface area contributed by atoms with Crippen LogP contribution in [0.3, 0.4) is 0 Å². The number of thioether (sulfide) groups is 1. The van der Waals surface area contributed by atoms with E-state index >= 15 is 0 Å². The summed E-state index contributed by atoms with van der Waals surface area (Å²) < 4.78 is 38.4. The summed E-state index contributed by atoms with van der Waals surface area (Å²) in [6.07, 6.45) is -1.04. The summed E-state index contributed by atoms with van der Waals surface area (Å²) in [4.78, 5) is 8.63. The molecule has 0 radical (unpaired) electrons. The average Bonchev–Trinajstić information content (AvgIpc) is 2.55. The van der Waals surface area contributed by atoms with Crippen LogP contribution in [0, 0.1) is 0 Å². The highest BCUT2D eigenvalue weighted by atomic mass is 32.2. The molecule has 1 aromatic rings. The Morgan fingerprint density at radius 3 is 2.41 bits per heavy atom. The molecule has 1 aromatic heterocycles. The molecule has 3 heterocycles. The van der Waals surface area contributed by atoms with E-state index in [-0.39, 0.29) is 0 Å². The zero-order valence-electron chi connectivity index (χ0n) is 12.4. The molecule has 7 heteroatoms. The minimum absolute atomic E-state index is 0.447. The van der Waals surface area contributed by atoms with Crippen LogP contribution in [0.1, 0.15) is 18.4 Å². The number of alkyl halides is 3. The van der Waals surface area contributed by atoms with E-state index < -0.39 is 11.7 Å². The van der Waals surface area contributed by atoms with Gasteiger partial charge < -0.3 is 4.90 Å². The minimum Gasteiger partial charge on any atom is -0.356 e. The van der Waals surface area contributed by atoms with Gasteiger partial charge in [-0.05, 0) is 25.0 Å². The van der Waals surface area contributed by atoms with Crippen molar-refractivity contribution in [2.24, 2.45) is 0 Å². The maximum Gasteiger partial charge on any atom is 0.416 e. The van der Waals surface area contributed by atoms with E-state index in [1.165, 1.54) is 17.7 Å². The number of pyridine rings is 1. The van der Waals surface area contributed by atoms with Crippen LogP contribution in [0.4, 0.5) is 19.0 Å². The Kier molecular flexibility index (Phi) is 4.82. The molecule has 2 fully saturated rings. The Labute approximate surface area is 132 Å².